The van der Waals surface area contributed by atoms with Crippen molar-refractivity contribution in [2.24, 2.45) is 0 Å². The zero-order valence-corrected chi connectivity index (χ0v) is 11.6. The van der Waals surface area contributed by atoms with E-state index in [4.69, 9.17) is 9.52 Å². The lowest BCUT2D eigenvalue weighted by Gasteiger charge is -2.05. The smallest absolute Gasteiger partial charge is 0.348 e. The number of thiophene rings is 1. The van der Waals surface area contributed by atoms with E-state index in [2.05, 4.69) is 21.2 Å². The molecule has 94 valence electrons. The standard InChI is InChI=1S/C11H8BrNO4S/c1-5-4-18-8(11(15)16)7(5)13-10(14)6-2-3-17-9(6)12/h2-4H,1H3,(H,13,14)(H,15,16). The van der Waals surface area contributed by atoms with Gasteiger partial charge < -0.3 is 14.8 Å². The first-order valence-corrected chi connectivity index (χ1v) is 6.53. The number of carbonyl (C=O) groups is 2. The Labute approximate surface area is 115 Å². The van der Waals surface area contributed by atoms with Crippen LogP contribution in [0.25, 0.3) is 0 Å². The van der Waals surface area contributed by atoms with E-state index in [1.807, 2.05) is 0 Å². The Morgan fingerprint density at radius 3 is 2.78 bits per heavy atom. The number of hydrogen-bond acceptors (Lipinski definition) is 4. The highest BCUT2D eigenvalue weighted by Gasteiger charge is 2.19. The second-order valence-electron chi connectivity index (χ2n) is 3.49. The quantitative estimate of drug-likeness (QED) is 0.904. The number of hydrogen-bond donors (Lipinski definition) is 2. The summed E-state index contributed by atoms with van der Waals surface area (Å²) in [4.78, 5) is 23.0. The number of anilines is 1. The molecule has 0 saturated carbocycles. The molecule has 0 aromatic carbocycles. The zero-order valence-electron chi connectivity index (χ0n) is 9.19. The van der Waals surface area contributed by atoms with Gasteiger partial charge >= 0.3 is 5.97 Å². The summed E-state index contributed by atoms with van der Waals surface area (Å²) in [5.74, 6) is -1.48. The molecule has 0 fully saturated rings. The van der Waals surface area contributed by atoms with Crippen LogP contribution < -0.4 is 5.32 Å². The summed E-state index contributed by atoms with van der Waals surface area (Å²) in [6, 6.07) is 1.50. The fourth-order valence-corrected chi connectivity index (χ4v) is 2.66. The molecule has 0 radical (unpaired) electrons. The van der Waals surface area contributed by atoms with Gasteiger partial charge in [0.25, 0.3) is 5.91 Å². The van der Waals surface area contributed by atoms with Gasteiger partial charge in [-0.25, -0.2) is 4.79 Å². The topological polar surface area (TPSA) is 79.5 Å². The Morgan fingerprint density at radius 2 is 2.22 bits per heavy atom. The number of carboxylic acids is 1. The van der Waals surface area contributed by atoms with Crippen molar-refractivity contribution in [3.63, 3.8) is 0 Å². The average Bonchev–Trinajstić information content (AvgIpc) is 2.86. The lowest BCUT2D eigenvalue weighted by molar-refractivity contribution is 0.0703. The Morgan fingerprint density at radius 1 is 1.50 bits per heavy atom. The third-order valence-electron chi connectivity index (χ3n) is 2.27. The van der Waals surface area contributed by atoms with Crippen LogP contribution in [-0.4, -0.2) is 17.0 Å². The molecule has 0 atom stereocenters. The van der Waals surface area contributed by atoms with Gasteiger partial charge in [0, 0.05) is 0 Å². The summed E-state index contributed by atoms with van der Waals surface area (Å²) in [6.07, 6.45) is 1.37. The molecule has 0 unspecified atom stereocenters. The van der Waals surface area contributed by atoms with Crippen LogP contribution in [0.15, 0.2) is 26.8 Å². The minimum absolute atomic E-state index is 0.112. The number of halogens is 1. The highest BCUT2D eigenvalue weighted by atomic mass is 79.9. The molecule has 0 spiro atoms. The van der Waals surface area contributed by atoms with E-state index in [1.54, 1.807) is 12.3 Å². The molecule has 0 aliphatic rings. The lowest BCUT2D eigenvalue weighted by atomic mass is 10.2. The van der Waals surface area contributed by atoms with Crippen LogP contribution in [-0.2, 0) is 0 Å². The van der Waals surface area contributed by atoms with E-state index in [9.17, 15) is 9.59 Å². The molecule has 7 heteroatoms. The van der Waals surface area contributed by atoms with Crippen molar-refractivity contribution in [2.75, 3.05) is 5.32 Å². The summed E-state index contributed by atoms with van der Waals surface area (Å²) in [6.45, 7) is 1.74. The van der Waals surface area contributed by atoms with E-state index in [0.717, 1.165) is 11.3 Å². The van der Waals surface area contributed by atoms with Crippen molar-refractivity contribution in [2.45, 2.75) is 6.92 Å². The van der Waals surface area contributed by atoms with Crippen molar-refractivity contribution in [1.29, 1.82) is 0 Å². The summed E-state index contributed by atoms with van der Waals surface area (Å²) < 4.78 is 5.26. The maximum absolute atomic E-state index is 11.9. The maximum atomic E-state index is 11.9. The van der Waals surface area contributed by atoms with Crippen molar-refractivity contribution >= 4 is 44.8 Å². The predicted molar refractivity (Wildman–Crippen MR) is 70.4 cm³/mol. The van der Waals surface area contributed by atoms with Gasteiger partial charge in [0.1, 0.15) is 4.88 Å². The van der Waals surface area contributed by atoms with Gasteiger partial charge in [-0.1, -0.05) is 0 Å². The highest BCUT2D eigenvalue weighted by Crippen LogP contribution is 2.29. The lowest BCUT2D eigenvalue weighted by Crippen LogP contribution is -2.14. The third kappa shape index (κ3) is 2.32. The molecule has 0 bridgehead atoms. The zero-order chi connectivity index (χ0) is 13.3. The van der Waals surface area contributed by atoms with Crippen molar-refractivity contribution in [3.05, 3.63) is 38.4 Å². The van der Waals surface area contributed by atoms with Crippen LogP contribution >= 0.6 is 27.3 Å². The van der Waals surface area contributed by atoms with E-state index in [1.165, 1.54) is 12.3 Å². The van der Waals surface area contributed by atoms with Gasteiger partial charge in [0.05, 0.1) is 17.5 Å². The van der Waals surface area contributed by atoms with Crippen LogP contribution in [0.4, 0.5) is 5.69 Å². The summed E-state index contributed by atoms with van der Waals surface area (Å²) in [7, 11) is 0. The highest BCUT2D eigenvalue weighted by molar-refractivity contribution is 9.10. The fraction of sp³-hybridized carbons (Fsp3) is 0.0909. The minimum Gasteiger partial charge on any atom is -0.477 e. The molecule has 0 saturated heterocycles. The number of carbonyl (C=O) groups excluding carboxylic acids is 1. The molecule has 5 nitrogen and oxygen atoms in total. The molecule has 0 aliphatic heterocycles. The number of furan rings is 1. The summed E-state index contributed by atoms with van der Waals surface area (Å²) >= 11 is 4.17. The monoisotopic (exact) mass is 329 g/mol. The van der Waals surface area contributed by atoms with Gasteiger partial charge in [-0.05, 0) is 39.9 Å². The van der Waals surface area contributed by atoms with Gasteiger partial charge in [-0.2, -0.15) is 0 Å². The summed E-state index contributed by atoms with van der Waals surface area (Å²) in [5.41, 5.74) is 1.35. The first-order valence-electron chi connectivity index (χ1n) is 4.86. The van der Waals surface area contributed by atoms with Crippen molar-refractivity contribution in [3.8, 4) is 0 Å². The first kappa shape index (κ1) is 12.8. The van der Waals surface area contributed by atoms with Crippen LogP contribution in [0.5, 0.6) is 0 Å². The molecule has 2 aromatic rings. The number of aryl methyl sites for hydroxylation is 1. The number of nitrogens with one attached hydrogen (secondary N) is 1. The molecule has 18 heavy (non-hydrogen) atoms. The predicted octanol–water partition coefficient (Wildman–Crippen LogP) is 3.36. The molecular formula is C11H8BrNO4S. The second-order valence-corrected chi connectivity index (χ2v) is 5.09. The van der Waals surface area contributed by atoms with Gasteiger partial charge in [-0.3, -0.25) is 4.79 Å². The largest absolute Gasteiger partial charge is 0.477 e. The van der Waals surface area contributed by atoms with E-state index < -0.39 is 11.9 Å². The maximum Gasteiger partial charge on any atom is 0.348 e. The van der Waals surface area contributed by atoms with Crippen molar-refractivity contribution < 1.29 is 19.1 Å². The van der Waals surface area contributed by atoms with Gasteiger partial charge in [-0.15, -0.1) is 11.3 Å². The van der Waals surface area contributed by atoms with Crippen LogP contribution in [0.2, 0.25) is 0 Å². The number of amides is 1. The molecule has 2 aromatic heterocycles. The Bertz CT molecular complexity index is 616. The van der Waals surface area contributed by atoms with E-state index in [0.29, 0.717) is 21.5 Å². The van der Waals surface area contributed by atoms with Crippen LogP contribution in [0.3, 0.4) is 0 Å². The van der Waals surface area contributed by atoms with Crippen LogP contribution in [0, 0.1) is 6.92 Å². The molecular weight excluding hydrogens is 322 g/mol. The van der Waals surface area contributed by atoms with Crippen LogP contribution in [0.1, 0.15) is 25.6 Å². The third-order valence-corrected chi connectivity index (χ3v) is 3.97. The Hall–Kier alpha value is -1.60. The molecule has 1 amide bonds. The Balaban J connectivity index is 2.30. The SMILES string of the molecule is Cc1csc(C(=O)O)c1NC(=O)c1ccoc1Br. The normalized spacial score (nSPS) is 10.3. The van der Waals surface area contributed by atoms with Gasteiger partial charge in [0.15, 0.2) is 4.67 Å². The van der Waals surface area contributed by atoms with Crippen molar-refractivity contribution in [1.82, 2.24) is 0 Å². The van der Waals surface area contributed by atoms with Gasteiger partial charge in [0.2, 0.25) is 0 Å². The molecule has 2 N–H and O–H groups in total. The first-order chi connectivity index (χ1) is 8.50. The minimum atomic E-state index is -1.06. The molecule has 2 rings (SSSR count). The van der Waals surface area contributed by atoms with E-state index in [-0.39, 0.29) is 4.88 Å². The average molecular weight is 330 g/mol. The molecule has 2 heterocycles. The molecule has 0 aliphatic carbocycles. The van der Waals surface area contributed by atoms with E-state index >= 15 is 0 Å². The fourth-order valence-electron chi connectivity index (χ4n) is 1.39. The summed E-state index contributed by atoms with van der Waals surface area (Å²) in [5, 5.41) is 13.3. The second kappa shape index (κ2) is 4.95. The Kier molecular flexibility index (Phi) is 3.53. The number of rotatable bonds is 3. The number of carboxylic acid groups (broad SMARTS) is 1. The number of aromatic carboxylic acids is 1.